The van der Waals surface area contributed by atoms with Crippen molar-refractivity contribution in [3.8, 4) is 11.3 Å². The average Bonchev–Trinajstić information content (AvgIpc) is 3.43. The molecule has 5 rings (SSSR count). The lowest BCUT2D eigenvalue weighted by molar-refractivity contribution is 0.0574. The van der Waals surface area contributed by atoms with Crippen LogP contribution in [0.25, 0.3) is 11.3 Å². The van der Waals surface area contributed by atoms with Crippen LogP contribution in [-0.4, -0.2) is 66.6 Å². The first-order chi connectivity index (χ1) is 17.6. The second kappa shape index (κ2) is 11.8. The number of hydrogen-bond acceptors (Lipinski definition) is 8. The fourth-order valence-corrected chi connectivity index (χ4v) is 5.37. The molecule has 1 atom stereocenters. The molecule has 5 N–H and O–H groups in total. The van der Waals surface area contributed by atoms with E-state index in [-0.39, 0.29) is 11.4 Å². The van der Waals surface area contributed by atoms with Crippen molar-refractivity contribution in [2.24, 2.45) is 5.73 Å². The highest BCUT2D eigenvalue weighted by Crippen LogP contribution is 2.27. The molecular formula is C27H39FN6O2. The lowest BCUT2D eigenvalue weighted by Crippen LogP contribution is -2.50. The molecule has 0 spiro atoms. The number of rotatable bonds is 9. The van der Waals surface area contributed by atoms with E-state index in [2.05, 4.69) is 25.9 Å². The summed E-state index contributed by atoms with van der Waals surface area (Å²) in [6.45, 7) is 3.81. The predicted octanol–water partition coefficient (Wildman–Crippen LogP) is 3.69. The number of aromatic nitrogens is 2. The SMILES string of the molecule is NC1(CNc2cccc(-c3cc(N[C@H]4CC[C@H](NC[C@@H]5CCCO5)CC4)ncc3F)n2)CCOCC1. The normalized spacial score (nSPS) is 26.0. The predicted molar refractivity (Wildman–Crippen MR) is 140 cm³/mol. The van der Waals surface area contributed by atoms with Crippen LogP contribution in [0.5, 0.6) is 0 Å². The summed E-state index contributed by atoms with van der Waals surface area (Å²) in [4.78, 5) is 8.96. The topological polar surface area (TPSA) is 106 Å². The molecule has 0 aromatic carbocycles. The maximum Gasteiger partial charge on any atom is 0.151 e. The molecule has 0 bridgehead atoms. The minimum absolute atomic E-state index is 0.312. The zero-order valence-electron chi connectivity index (χ0n) is 21.0. The first-order valence-electron chi connectivity index (χ1n) is 13.4. The Morgan fingerprint density at radius 3 is 2.61 bits per heavy atom. The molecule has 9 heteroatoms. The van der Waals surface area contributed by atoms with Gasteiger partial charge in [-0.15, -0.1) is 0 Å². The Morgan fingerprint density at radius 1 is 1.03 bits per heavy atom. The van der Waals surface area contributed by atoms with Gasteiger partial charge in [0.05, 0.1) is 18.0 Å². The summed E-state index contributed by atoms with van der Waals surface area (Å²) >= 11 is 0. The molecule has 1 saturated carbocycles. The molecule has 2 aromatic heterocycles. The standard InChI is InChI=1S/C27H39FN6O2/c28-23-17-31-26(33-20-8-6-19(7-9-20)30-16-21-3-2-12-36-21)15-22(23)24-4-1-5-25(34-24)32-18-27(29)10-13-35-14-11-27/h1,4-5,15,17,19-21,30H,2-3,6-14,16,18,29H2,(H,31,33)(H,32,34)/t19-,20-,21-/m0/s1. The number of anilines is 2. The van der Waals surface area contributed by atoms with Gasteiger partial charge in [-0.1, -0.05) is 6.07 Å². The van der Waals surface area contributed by atoms with E-state index >= 15 is 0 Å². The van der Waals surface area contributed by atoms with E-state index in [0.717, 1.165) is 51.7 Å². The number of nitrogens with two attached hydrogens (primary N) is 1. The van der Waals surface area contributed by atoms with E-state index in [4.69, 9.17) is 15.2 Å². The van der Waals surface area contributed by atoms with E-state index < -0.39 is 0 Å². The lowest BCUT2D eigenvalue weighted by atomic mass is 9.91. The van der Waals surface area contributed by atoms with Crippen LogP contribution in [0.4, 0.5) is 16.0 Å². The van der Waals surface area contributed by atoms with Gasteiger partial charge in [0.25, 0.3) is 0 Å². The van der Waals surface area contributed by atoms with Crippen molar-refractivity contribution < 1.29 is 13.9 Å². The van der Waals surface area contributed by atoms with Gasteiger partial charge in [0, 0.05) is 56.1 Å². The van der Waals surface area contributed by atoms with E-state index in [1.165, 1.54) is 19.0 Å². The lowest BCUT2D eigenvalue weighted by Gasteiger charge is -2.33. The Bertz CT molecular complexity index is 988. The number of nitrogens with zero attached hydrogens (tertiary/aromatic N) is 2. The Balaban J connectivity index is 1.16. The highest BCUT2D eigenvalue weighted by molar-refractivity contribution is 5.65. The van der Waals surface area contributed by atoms with Gasteiger partial charge in [-0.2, -0.15) is 0 Å². The summed E-state index contributed by atoms with van der Waals surface area (Å²) in [6.07, 6.45) is 9.96. The Labute approximate surface area is 212 Å². The van der Waals surface area contributed by atoms with Crippen LogP contribution >= 0.6 is 0 Å². The Hall–Kier alpha value is -2.33. The van der Waals surface area contributed by atoms with Gasteiger partial charge in [-0.3, -0.25) is 0 Å². The summed E-state index contributed by atoms with van der Waals surface area (Å²) in [6, 6.07) is 8.23. The molecule has 1 aliphatic carbocycles. The minimum atomic E-state index is -0.382. The van der Waals surface area contributed by atoms with Crippen LogP contribution in [0.15, 0.2) is 30.5 Å². The van der Waals surface area contributed by atoms with E-state index in [0.29, 0.717) is 60.8 Å². The van der Waals surface area contributed by atoms with Crippen molar-refractivity contribution in [2.75, 3.05) is 43.5 Å². The highest BCUT2D eigenvalue weighted by Gasteiger charge is 2.28. The van der Waals surface area contributed by atoms with E-state index in [1.54, 1.807) is 6.07 Å². The molecule has 36 heavy (non-hydrogen) atoms. The molecule has 3 aliphatic rings. The first-order valence-corrected chi connectivity index (χ1v) is 13.4. The second-order valence-corrected chi connectivity index (χ2v) is 10.5. The third-order valence-corrected chi connectivity index (χ3v) is 7.73. The Kier molecular flexibility index (Phi) is 8.31. The molecule has 4 heterocycles. The fourth-order valence-electron chi connectivity index (χ4n) is 5.37. The van der Waals surface area contributed by atoms with Crippen molar-refractivity contribution in [1.82, 2.24) is 15.3 Å². The van der Waals surface area contributed by atoms with Crippen LogP contribution in [0.2, 0.25) is 0 Å². The van der Waals surface area contributed by atoms with Crippen molar-refractivity contribution >= 4 is 11.6 Å². The summed E-state index contributed by atoms with van der Waals surface area (Å²) < 4.78 is 25.9. The van der Waals surface area contributed by atoms with Gasteiger partial charge < -0.3 is 31.2 Å². The third-order valence-electron chi connectivity index (χ3n) is 7.73. The molecule has 8 nitrogen and oxygen atoms in total. The number of halogens is 1. The van der Waals surface area contributed by atoms with Gasteiger partial charge in [0.1, 0.15) is 11.6 Å². The Morgan fingerprint density at radius 2 is 1.83 bits per heavy atom. The van der Waals surface area contributed by atoms with Crippen LogP contribution in [0.3, 0.4) is 0 Å². The molecular weight excluding hydrogens is 459 g/mol. The maximum atomic E-state index is 14.8. The molecule has 196 valence electrons. The van der Waals surface area contributed by atoms with Crippen LogP contribution in [0.1, 0.15) is 51.4 Å². The van der Waals surface area contributed by atoms with Gasteiger partial charge in [-0.25, -0.2) is 14.4 Å². The smallest absolute Gasteiger partial charge is 0.151 e. The van der Waals surface area contributed by atoms with Crippen molar-refractivity contribution in [2.45, 2.75) is 75.1 Å². The quantitative estimate of drug-likeness (QED) is 0.415. The molecule has 2 saturated heterocycles. The van der Waals surface area contributed by atoms with Crippen LogP contribution in [0, 0.1) is 5.82 Å². The second-order valence-electron chi connectivity index (χ2n) is 10.5. The molecule has 3 fully saturated rings. The van der Waals surface area contributed by atoms with Gasteiger partial charge in [0.2, 0.25) is 0 Å². The van der Waals surface area contributed by atoms with Gasteiger partial charge in [0.15, 0.2) is 5.82 Å². The highest BCUT2D eigenvalue weighted by atomic mass is 19.1. The van der Waals surface area contributed by atoms with Crippen LogP contribution < -0.4 is 21.7 Å². The van der Waals surface area contributed by atoms with Crippen molar-refractivity contribution in [1.29, 1.82) is 0 Å². The molecule has 2 aromatic rings. The summed E-state index contributed by atoms with van der Waals surface area (Å²) in [5, 5.41) is 10.5. The van der Waals surface area contributed by atoms with Crippen LogP contribution in [-0.2, 0) is 9.47 Å². The van der Waals surface area contributed by atoms with Crippen molar-refractivity contribution in [3.63, 3.8) is 0 Å². The van der Waals surface area contributed by atoms with Gasteiger partial charge >= 0.3 is 0 Å². The minimum Gasteiger partial charge on any atom is -0.381 e. The van der Waals surface area contributed by atoms with E-state index in [9.17, 15) is 4.39 Å². The fraction of sp³-hybridized carbons (Fsp3) is 0.630. The van der Waals surface area contributed by atoms with E-state index in [1.807, 2.05) is 18.2 Å². The zero-order valence-corrected chi connectivity index (χ0v) is 21.0. The summed E-state index contributed by atoms with van der Waals surface area (Å²) in [5.41, 5.74) is 7.19. The molecule has 0 amide bonds. The largest absolute Gasteiger partial charge is 0.381 e. The monoisotopic (exact) mass is 498 g/mol. The molecule has 2 aliphatic heterocycles. The maximum absolute atomic E-state index is 14.8. The van der Waals surface area contributed by atoms with Gasteiger partial charge in [-0.05, 0) is 69.6 Å². The number of ether oxygens (including phenoxy) is 2. The summed E-state index contributed by atoms with van der Waals surface area (Å²) in [5.74, 6) is 0.987. The van der Waals surface area contributed by atoms with Crippen molar-refractivity contribution in [3.05, 3.63) is 36.3 Å². The summed E-state index contributed by atoms with van der Waals surface area (Å²) in [7, 11) is 0. The zero-order chi connectivity index (χ0) is 24.8. The average molecular weight is 499 g/mol. The first kappa shape index (κ1) is 25.3. The third kappa shape index (κ3) is 6.70. The molecule has 0 radical (unpaired) electrons. The molecule has 0 unspecified atom stereocenters. The number of pyridine rings is 2. The number of hydrogen-bond donors (Lipinski definition) is 4. The number of nitrogens with one attached hydrogen (secondary N) is 3.